The van der Waals surface area contributed by atoms with Crippen LogP contribution in [-0.2, 0) is 0 Å². The average molecular weight is 125 g/mol. The van der Waals surface area contributed by atoms with E-state index < -0.39 is 6.29 Å². The van der Waals surface area contributed by atoms with E-state index in [9.17, 15) is 0 Å². The van der Waals surface area contributed by atoms with Gasteiger partial charge >= 0.3 is 0 Å². The van der Waals surface area contributed by atoms with Gasteiger partial charge in [0.15, 0.2) is 6.29 Å². The number of aliphatic hydroxyl groups excluding tert-OH is 1. The summed E-state index contributed by atoms with van der Waals surface area (Å²) >= 11 is 0. The largest absolute Gasteiger partial charge is 0.363 e. The van der Waals surface area contributed by atoms with E-state index in [1.807, 2.05) is 0 Å². The molecule has 0 radical (unpaired) electrons. The maximum Gasteiger partial charge on any atom is 0.196 e. The Hall–Kier alpha value is -0.930. The van der Waals surface area contributed by atoms with E-state index in [2.05, 4.69) is 4.98 Å². The Kier molecular flexibility index (Phi) is 1.77. The van der Waals surface area contributed by atoms with Gasteiger partial charge in [-0.3, -0.25) is 4.98 Å². The summed E-state index contributed by atoms with van der Waals surface area (Å²) in [6, 6.07) is 4.96. The molecule has 0 saturated carbocycles. The van der Waals surface area contributed by atoms with Gasteiger partial charge in [0, 0.05) is 6.20 Å². The summed E-state index contributed by atoms with van der Waals surface area (Å²) in [6.45, 7) is 0. The van der Waals surface area contributed by atoms with Gasteiger partial charge in [0.25, 0.3) is 0 Å². The van der Waals surface area contributed by atoms with Gasteiger partial charge in [-0.15, -0.1) is 0 Å². The molecule has 0 aromatic carbocycles. The van der Waals surface area contributed by atoms with Crippen LogP contribution in [0.15, 0.2) is 24.4 Å². The molecule has 1 rings (SSSR count). The summed E-state index contributed by atoms with van der Waals surface area (Å²) < 4.78 is 0. The first kappa shape index (κ1) is 6.19. The van der Waals surface area contributed by atoms with E-state index in [1.54, 1.807) is 18.2 Å². The molecule has 0 saturated heterocycles. The van der Waals surface area contributed by atoms with Gasteiger partial charge in [-0.25, -0.2) is 0 Å². The number of pyridine rings is 1. The van der Waals surface area contributed by atoms with E-state index in [1.165, 1.54) is 6.20 Å². The predicted molar refractivity (Wildman–Crippen MR) is 31.4 cm³/mol. The molecule has 0 amide bonds. The zero-order chi connectivity index (χ0) is 6.69. The first-order chi connectivity index (χ1) is 4.30. The molecule has 1 heterocycles. The van der Waals surface area contributed by atoms with Crippen LogP contribution in [-0.4, -0.2) is 15.2 Å². The molecule has 0 aliphatic heterocycles. The Labute approximate surface area is 52.6 Å². The van der Waals surface area contributed by atoms with Gasteiger partial charge in [-0.2, -0.15) is 0 Å². The van der Waals surface area contributed by atoms with Crippen LogP contribution < -0.4 is 0 Å². The van der Waals surface area contributed by atoms with Crippen molar-refractivity contribution in [1.29, 1.82) is 0 Å². The molecule has 3 heteroatoms. The summed E-state index contributed by atoms with van der Waals surface area (Å²) in [5.41, 5.74) is 0.275. The lowest BCUT2D eigenvalue weighted by Gasteiger charge is -1.98. The third kappa shape index (κ3) is 1.48. The van der Waals surface area contributed by atoms with Crippen molar-refractivity contribution < 1.29 is 10.2 Å². The number of rotatable bonds is 1. The summed E-state index contributed by atoms with van der Waals surface area (Å²) in [5.74, 6) is 0. The summed E-state index contributed by atoms with van der Waals surface area (Å²) in [6.07, 6.45) is 0.0561. The van der Waals surface area contributed by atoms with E-state index in [-0.39, 0.29) is 5.69 Å². The van der Waals surface area contributed by atoms with Crippen LogP contribution in [0.4, 0.5) is 0 Å². The van der Waals surface area contributed by atoms with E-state index in [0.717, 1.165) is 0 Å². The minimum Gasteiger partial charge on any atom is -0.363 e. The lowest BCUT2D eigenvalue weighted by molar-refractivity contribution is -0.0458. The second-order valence-electron chi connectivity index (χ2n) is 1.63. The average Bonchev–Trinajstić information content (AvgIpc) is 1.90. The summed E-state index contributed by atoms with van der Waals surface area (Å²) in [7, 11) is 0. The first-order valence-corrected chi connectivity index (χ1v) is 2.58. The first-order valence-electron chi connectivity index (χ1n) is 2.58. The van der Waals surface area contributed by atoms with Crippen LogP contribution in [0.5, 0.6) is 0 Å². The molecular formula is C6H7NO2. The van der Waals surface area contributed by atoms with Crippen LogP contribution in [0.2, 0.25) is 0 Å². The van der Waals surface area contributed by atoms with Crippen LogP contribution in [0.25, 0.3) is 0 Å². The molecule has 3 nitrogen and oxygen atoms in total. The molecule has 2 N–H and O–H groups in total. The van der Waals surface area contributed by atoms with Crippen LogP contribution in [0, 0.1) is 0 Å². The topological polar surface area (TPSA) is 53.4 Å². The Morgan fingerprint density at radius 3 is 2.44 bits per heavy atom. The molecule has 48 valence electrons. The number of aromatic nitrogens is 1. The van der Waals surface area contributed by atoms with Crippen molar-refractivity contribution in [3.8, 4) is 0 Å². The predicted octanol–water partition coefficient (Wildman–Crippen LogP) is 0.0648. The zero-order valence-electron chi connectivity index (χ0n) is 4.73. The van der Waals surface area contributed by atoms with Crippen molar-refractivity contribution in [2.45, 2.75) is 6.29 Å². The smallest absolute Gasteiger partial charge is 0.196 e. The second-order valence-corrected chi connectivity index (χ2v) is 1.63. The maximum atomic E-state index is 8.52. The molecule has 0 aliphatic carbocycles. The fourth-order valence-electron chi connectivity index (χ4n) is 0.529. The Morgan fingerprint density at radius 2 is 2.11 bits per heavy atom. The van der Waals surface area contributed by atoms with Gasteiger partial charge < -0.3 is 10.2 Å². The third-order valence-corrected chi connectivity index (χ3v) is 0.952. The summed E-state index contributed by atoms with van der Waals surface area (Å²) in [5, 5.41) is 17.0. The van der Waals surface area contributed by atoms with Crippen molar-refractivity contribution in [1.82, 2.24) is 4.98 Å². The van der Waals surface area contributed by atoms with E-state index in [0.29, 0.717) is 0 Å². The summed E-state index contributed by atoms with van der Waals surface area (Å²) in [4.78, 5) is 3.68. The van der Waals surface area contributed by atoms with Crippen molar-refractivity contribution >= 4 is 0 Å². The van der Waals surface area contributed by atoms with Gasteiger partial charge in [-0.1, -0.05) is 6.07 Å². The molecule has 0 spiro atoms. The van der Waals surface area contributed by atoms with Crippen molar-refractivity contribution in [2.75, 3.05) is 0 Å². The molecule has 1 aromatic heterocycles. The van der Waals surface area contributed by atoms with Crippen LogP contribution in [0.1, 0.15) is 12.0 Å². The maximum absolute atomic E-state index is 8.52. The quantitative estimate of drug-likeness (QED) is 0.522. The van der Waals surface area contributed by atoms with Crippen molar-refractivity contribution in [3.63, 3.8) is 0 Å². The van der Waals surface area contributed by atoms with E-state index in [4.69, 9.17) is 10.2 Å². The normalized spacial score (nSPS) is 10.1. The third-order valence-electron chi connectivity index (χ3n) is 0.952. The lowest BCUT2D eigenvalue weighted by atomic mass is 10.3. The van der Waals surface area contributed by atoms with Gasteiger partial charge in [0.1, 0.15) is 0 Å². The molecule has 0 atom stereocenters. The van der Waals surface area contributed by atoms with Gasteiger partial charge in [0.05, 0.1) is 5.69 Å². The molecule has 9 heavy (non-hydrogen) atoms. The molecule has 1 aromatic rings. The second kappa shape index (κ2) is 2.57. The highest BCUT2D eigenvalue weighted by atomic mass is 16.5. The molecule has 0 unspecified atom stereocenters. The highest BCUT2D eigenvalue weighted by molar-refractivity contribution is 5.03. The van der Waals surface area contributed by atoms with Crippen LogP contribution in [0.3, 0.4) is 0 Å². The fourth-order valence-corrected chi connectivity index (χ4v) is 0.529. The zero-order valence-corrected chi connectivity index (χ0v) is 4.73. The molecular weight excluding hydrogens is 118 g/mol. The Balaban J connectivity index is 2.85. The lowest BCUT2D eigenvalue weighted by Crippen LogP contribution is -1.96. The molecule has 0 bridgehead atoms. The number of hydrogen-bond donors (Lipinski definition) is 2. The molecule has 0 aliphatic rings. The minimum atomic E-state index is -1.45. The van der Waals surface area contributed by atoms with Crippen LogP contribution >= 0.6 is 0 Å². The van der Waals surface area contributed by atoms with E-state index >= 15 is 0 Å². The number of aliphatic hydroxyl groups is 2. The number of hydrogen-bond acceptors (Lipinski definition) is 3. The Morgan fingerprint density at radius 1 is 1.33 bits per heavy atom. The SMILES string of the molecule is OC(O)c1ccccn1. The van der Waals surface area contributed by atoms with Crippen molar-refractivity contribution in [3.05, 3.63) is 30.1 Å². The highest BCUT2D eigenvalue weighted by Gasteiger charge is 1.99. The standard InChI is InChI=1S/C6H7NO2/c8-6(9)5-3-1-2-4-7-5/h1-4,6,8-9H. The van der Waals surface area contributed by atoms with Crippen molar-refractivity contribution in [2.24, 2.45) is 0 Å². The minimum absolute atomic E-state index is 0.275. The highest BCUT2D eigenvalue weighted by Crippen LogP contribution is 2.02. The number of nitrogens with zero attached hydrogens (tertiary/aromatic N) is 1. The fraction of sp³-hybridized carbons (Fsp3) is 0.167. The Bertz CT molecular complexity index is 174. The van der Waals surface area contributed by atoms with Gasteiger partial charge in [-0.05, 0) is 12.1 Å². The monoisotopic (exact) mass is 125 g/mol. The van der Waals surface area contributed by atoms with Gasteiger partial charge in [0.2, 0.25) is 0 Å². The molecule has 0 fully saturated rings.